The van der Waals surface area contributed by atoms with Crippen molar-refractivity contribution in [1.29, 1.82) is 0 Å². The van der Waals surface area contributed by atoms with Crippen LogP contribution in [0.2, 0.25) is 0 Å². The van der Waals surface area contributed by atoms with Crippen molar-refractivity contribution in [3.63, 3.8) is 0 Å². The molecule has 1 aromatic carbocycles. The lowest BCUT2D eigenvalue weighted by Crippen LogP contribution is -2.35. The number of nitrogens with one attached hydrogen (secondary N) is 1. The van der Waals surface area contributed by atoms with Crippen LogP contribution in [0.1, 0.15) is 49.6 Å². The largest absolute Gasteiger partial charge is 0.348 e. The van der Waals surface area contributed by atoms with Crippen LogP contribution in [0, 0.1) is 6.92 Å². The molecular weight excluding hydrogens is 342 g/mol. The fourth-order valence-corrected chi connectivity index (χ4v) is 3.11. The Kier molecular flexibility index (Phi) is 5.12. The highest BCUT2D eigenvalue weighted by molar-refractivity contribution is 5.81. The van der Waals surface area contributed by atoms with E-state index in [0.717, 1.165) is 11.3 Å². The van der Waals surface area contributed by atoms with Gasteiger partial charge in [0.1, 0.15) is 6.54 Å². The normalized spacial score (nSPS) is 12.5. The van der Waals surface area contributed by atoms with E-state index in [-0.39, 0.29) is 30.0 Å². The maximum absolute atomic E-state index is 12.9. The highest BCUT2D eigenvalue weighted by atomic mass is 16.2. The number of nitrogens with zero attached hydrogens (tertiary/aromatic N) is 4. The lowest BCUT2D eigenvalue weighted by molar-refractivity contribution is -0.122. The second kappa shape index (κ2) is 7.34. The molecule has 0 bridgehead atoms. The molecular formula is C20H25N5O2. The van der Waals surface area contributed by atoms with Gasteiger partial charge in [0.25, 0.3) is 5.56 Å². The number of carbonyl (C=O) groups is 1. The number of benzene rings is 1. The molecule has 3 aromatic rings. The van der Waals surface area contributed by atoms with Gasteiger partial charge in [-0.2, -0.15) is 10.2 Å². The molecule has 27 heavy (non-hydrogen) atoms. The summed E-state index contributed by atoms with van der Waals surface area (Å²) >= 11 is 0. The first-order chi connectivity index (χ1) is 12.8. The third-order valence-corrected chi connectivity index (χ3v) is 4.68. The Bertz CT molecular complexity index is 1030. The average molecular weight is 367 g/mol. The highest BCUT2D eigenvalue weighted by Crippen LogP contribution is 2.20. The van der Waals surface area contributed by atoms with Gasteiger partial charge in [-0.15, -0.1) is 0 Å². The van der Waals surface area contributed by atoms with E-state index >= 15 is 0 Å². The van der Waals surface area contributed by atoms with Crippen LogP contribution in [0.25, 0.3) is 10.9 Å². The Morgan fingerprint density at radius 3 is 2.48 bits per heavy atom. The fraction of sp³-hybridized carbons (Fsp3) is 0.400. The Hall–Kier alpha value is -2.96. The summed E-state index contributed by atoms with van der Waals surface area (Å²) in [6, 6.07) is 7.84. The summed E-state index contributed by atoms with van der Waals surface area (Å²) in [5.41, 5.74) is 3.29. The lowest BCUT2D eigenvalue weighted by Gasteiger charge is -2.15. The molecule has 1 N–H and O–H groups in total. The first-order valence-corrected chi connectivity index (χ1v) is 9.06. The molecule has 2 heterocycles. The topological polar surface area (TPSA) is 81.8 Å². The van der Waals surface area contributed by atoms with Gasteiger partial charge in [0.2, 0.25) is 5.91 Å². The molecule has 1 amide bonds. The minimum Gasteiger partial charge on any atom is -0.348 e. The molecule has 0 aliphatic rings. The van der Waals surface area contributed by atoms with Gasteiger partial charge in [0.15, 0.2) is 0 Å². The third kappa shape index (κ3) is 3.77. The summed E-state index contributed by atoms with van der Waals surface area (Å²) in [5.74, 6) is -0.153. The molecule has 2 aromatic heterocycles. The Balaban J connectivity index is 1.82. The van der Waals surface area contributed by atoms with Crippen molar-refractivity contribution in [2.45, 2.75) is 46.2 Å². The van der Waals surface area contributed by atoms with Gasteiger partial charge in [0, 0.05) is 7.05 Å². The Morgan fingerprint density at radius 1 is 1.19 bits per heavy atom. The molecule has 0 spiro atoms. The summed E-state index contributed by atoms with van der Waals surface area (Å²) in [5, 5.41) is 12.0. The monoisotopic (exact) mass is 367 g/mol. The highest BCUT2D eigenvalue weighted by Gasteiger charge is 2.18. The molecule has 3 rings (SSSR count). The smallest absolute Gasteiger partial charge is 0.278 e. The van der Waals surface area contributed by atoms with Crippen LogP contribution in [0.5, 0.6) is 0 Å². The Morgan fingerprint density at radius 2 is 1.85 bits per heavy atom. The van der Waals surface area contributed by atoms with Gasteiger partial charge in [-0.1, -0.05) is 43.7 Å². The van der Waals surface area contributed by atoms with Crippen molar-refractivity contribution >= 4 is 16.8 Å². The fourth-order valence-electron chi connectivity index (χ4n) is 3.11. The van der Waals surface area contributed by atoms with E-state index in [1.165, 1.54) is 10.2 Å². The van der Waals surface area contributed by atoms with E-state index in [4.69, 9.17) is 0 Å². The van der Waals surface area contributed by atoms with Crippen molar-refractivity contribution in [3.05, 3.63) is 57.6 Å². The van der Waals surface area contributed by atoms with E-state index in [0.29, 0.717) is 10.9 Å². The maximum atomic E-state index is 12.9. The zero-order valence-corrected chi connectivity index (χ0v) is 16.4. The van der Waals surface area contributed by atoms with Crippen molar-refractivity contribution in [2.24, 2.45) is 7.05 Å². The summed E-state index contributed by atoms with van der Waals surface area (Å²) in [7, 11) is 1.79. The van der Waals surface area contributed by atoms with E-state index in [9.17, 15) is 9.59 Å². The molecule has 0 saturated carbocycles. The first kappa shape index (κ1) is 18.8. The molecule has 142 valence electrons. The quantitative estimate of drug-likeness (QED) is 0.751. The SMILES string of the molecule is Cc1ccc([C@H](C)NC(=O)Cn2ncc3c(c(C(C)C)nn3C)c2=O)cc1. The van der Waals surface area contributed by atoms with Crippen molar-refractivity contribution < 1.29 is 4.79 Å². The van der Waals surface area contributed by atoms with Gasteiger partial charge >= 0.3 is 0 Å². The molecule has 0 fully saturated rings. The number of hydrogen-bond donors (Lipinski definition) is 1. The van der Waals surface area contributed by atoms with Gasteiger partial charge in [-0.05, 0) is 25.3 Å². The van der Waals surface area contributed by atoms with E-state index in [1.807, 2.05) is 52.0 Å². The van der Waals surface area contributed by atoms with E-state index < -0.39 is 0 Å². The van der Waals surface area contributed by atoms with E-state index in [2.05, 4.69) is 15.5 Å². The maximum Gasteiger partial charge on any atom is 0.278 e. The molecule has 0 aliphatic carbocycles. The number of rotatable bonds is 5. The minimum atomic E-state index is -0.289. The Labute approximate surface area is 158 Å². The van der Waals surface area contributed by atoms with Gasteiger partial charge < -0.3 is 5.32 Å². The van der Waals surface area contributed by atoms with Crippen LogP contribution in [-0.2, 0) is 18.4 Å². The van der Waals surface area contributed by atoms with Crippen molar-refractivity contribution in [1.82, 2.24) is 24.9 Å². The summed E-state index contributed by atoms with van der Waals surface area (Å²) in [4.78, 5) is 25.3. The molecule has 7 nitrogen and oxygen atoms in total. The van der Waals surface area contributed by atoms with Crippen LogP contribution in [-0.4, -0.2) is 25.5 Å². The van der Waals surface area contributed by atoms with Crippen molar-refractivity contribution in [3.8, 4) is 0 Å². The number of amides is 1. The molecule has 0 saturated heterocycles. The zero-order valence-electron chi connectivity index (χ0n) is 16.4. The molecule has 0 unspecified atom stereocenters. The molecule has 1 atom stereocenters. The average Bonchev–Trinajstić information content (AvgIpc) is 2.95. The van der Waals surface area contributed by atoms with Crippen LogP contribution < -0.4 is 10.9 Å². The van der Waals surface area contributed by atoms with Gasteiger partial charge in [0.05, 0.1) is 28.8 Å². The lowest BCUT2D eigenvalue weighted by atomic mass is 10.1. The third-order valence-electron chi connectivity index (χ3n) is 4.68. The number of carbonyl (C=O) groups excluding carboxylic acids is 1. The van der Waals surface area contributed by atoms with Crippen LogP contribution in [0.15, 0.2) is 35.3 Å². The summed E-state index contributed by atoms with van der Waals surface area (Å²) in [6.07, 6.45) is 1.59. The summed E-state index contributed by atoms with van der Waals surface area (Å²) in [6.45, 7) is 7.78. The van der Waals surface area contributed by atoms with E-state index in [1.54, 1.807) is 17.9 Å². The predicted octanol–water partition coefficient (Wildman–Crippen LogP) is 2.44. The van der Waals surface area contributed by atoms with Crippen molar-refractivity contribution in [2.75, 3.05) is 0 Å². The molecule has 7 heteroatoms. The van der Waals surface area contributed by atoms with Gasteiger partial charge in [-0.25, -0.2) is 4.68 Å². The van der Waals surface area contributed by atoms with Crippen LogP contribution >= 0.6 is 0 Å². The number of fused-ring (bicyclic) bond motifs is 1. The zero-order chi connectivity index (χ0) is 19.7. The van der Waals surface area contributed by atoms with Crippen LogP contribution in [0.3, 0.4) is 0 Å². The second-order valence-corrected chi connectivity index (χ2v) is 7.23. The molecule has 0 radical (unpaired) electrons. The van der Waals surface area contributed by atoms with Crippen LogP contribution in [0.4, 0.5) is 0 Å². The number of hydrogen-bond acceptors (Lipinski definition) is 4. The summed E-state index contributed by atoms with van der Waals surface area (Å²) < 4.78 is 2.86. The molecule has 0 aliphatic heterocycles. The first-order valence-electron chi connectivity index (χ1n) is 9.06. The second-order valence-electron chi connectivity index (χ2n) is 7.23. The van der Waals surface area contributed by atoms with Gasteiger partial charge in [-0.3, -0.25) is 14.3 Å². The number of aryl methyl sites for hydroxylation is 2. The standard InChI is InChI=1S/C20H25N5O2/c1-12(2)19-18-16(24(5)23-19)10-21-25(20(18)27)11-17(26)22-14(4)15-8-6-13(3)7-9-15/h6-10,12,14H,11H2,1-5H3,(H,22,26)/t14-/m0/s1. The predicted molar refractivity (Wildman–Crippen MR) is 105 cm³/mol. The number of aromatic nitrogens is 4. The minimum absolute atomic E-state index is 0.104.